The van der Waals surface area contributed by atoms with Gasteiger partial charge in [0.25, 0.3) is 0 Å². The molecule has 2 unspecified atom stereocenters. The van der Waals surface area contributed by atoms with E-state index in [1.54, 1.807) is 6.92 Å². The van der Waals surface area contributed by atoms with Crippen LogP contribution in [0.25, 0.3) is 11.2 Å². The smallest absolute Gasteiger partial charge is 0.224 e. The predicted molar refractivity (Wildman–Crippen MR) is 85.6 cm³/mol. The molecule has 2 aromatic rings. The largest absolute Gasteiger partial charge is 0.393 e. The number of aromatic nitrogens is 4. The monoisotopic (exact) mass is 338 g/mol. The van der Waals surface area contributed by atoms with Gasteiger partial charge in [-0.25, -0.2) is 4.98 Å². The van der Waals surface area contributed by atoms with E-state index >= 15 is 0 Å². The van der Waals surface area contributed by atoms with Gasteiger partial charge in [0.2, 0.25) is 5.95 Å². The van der Waals surface area contributed by atoms with Crippen molar-refractivity contribution in [1.82, 2.24) is 19.5 Å². The van der Waals surface area contributed by atoms with Crippen LogP contribution in [0.5, 0.6) is 0 Å². The first-order chi connectivity index (χ1) is 10.9. The van der Waals surface area contributed by atoms with E-state index in [4.69, 9.17) is 16.2 Å². The first-order valence-electron chi connectivity index (χ1n) is 7.43. The summed E-state index contributed by atoms with van der Waals surface area (Å²) in [5.41, 5.74) is 5.51. The minimum Gasteiger partial charge on any atom is -0.393 e. The van der Waals surface area contributed by atoms with Crippen molar-refractivity contribution in [2.24, 2.45) is 0 Å². The average molecular weight is 338 g/mol. The van der Waals surface area contributed by atoms with Crippen molar-refractivity contribution in [2.75, 3.05) is 18.1 Å². The van der Waals surface area contributed by atoms with Crippen LogP contribution in [0.3, 0.4) is 0 Å². The molecule has 0 bridgehead atoms. The molecule has 0 radical (unpaired) electrons. The molecule has 1 saturated heterocycles. The maximum Gasteiger partial charge on any atom is 0.224 e. The highest BCUT2D eigenvalue weighted by atomic mass is 16.6. The number of aliphatic hydroxyl groups is 3. The third-order valence-electron chi connectivity index (χ3n) is 5.51. The molecular weight excluding hydrogens is 316 g/mol. The maximum atomic E-state index is 11.1. The molecule has 7 N–H and O–H groups in total. The maximum absolute atomic E-state index is 11.1. The van der Waals surface area contributed by atoms with Crippen LogP contribution < -0.4 is 11.5 Å². The number of nitrogen functional groups attached to an aromatic ring is 2. The molecule has 0 saturated carbocycles. The summed E-state index contributed by atoms with van der Waals surface area (Å²) in [6, 6.07) is 0. The third-order valence-corrected chi connectivity index (χ3v) is 5.51. The lowest BCUT2D eigenvalue weighted by Crippen LogP contribution is -2.63. The van der Waals surface area contributed by atoms with Gasteiger partial charge in [-0.1, -0.05) is 0 Å². The van der Waals surface area contributed by atoms with Gasteiger partial charge in [0.15, 0.2) is 17.2 Å². The second-order valence-electron chi connectivity index (χ2n) is 6.87. The molecule has 2 aromatic heterocycles. The van der Waals surface area contributed by atoms with E-state index in [1.165, 1.54) is 31.7 Å². The lowest BCUT2D eigenvalue weighted by molar-refractivity contribution is -0.192. The third kappa shape index (κ3) is 1.71. The lowest BCUT2D eigenvalue weighted by Gasteiger charge is -2.42. The highest BCUT2D eigenvalue weighted by Gasteiger charge is 2.72. The number of imidazole rings is 1. The molecule has 0 aromatic carbocycles. The number of aliphatic hydroxyl groups excluding tert-OH is 1. The summed E-state index contributed by atoms with van der Waals surface area (Å²) in [5.74, 6) is 0.0360. The van der Waals surface area contributed by atoms with Gasteiger partial charge in [0.1, 0.15) is 22.3 Å². The Bertz CT molecular complexity index is 819. The number of anilines is 2. The zero-order valence-electron chi connectivity index (χ0n) is 14.0. The first-order valence-corrected chi connectivity index (χ1v) is 7.43. The second kappa shape index (κ2) is 4.54. The Morgan fingerprint density at radius 2 is 1.75 bits per heavy atom. The number of hydrogen-bond acceptors (Lipinski definition) is 9. The SMILES string of the molecule is CC1(O)C(C)(O)[C@](C)(n2cnc3c(N)nc(N)nc32)O[C@]1(C)CO. The van der Waals surface area contributed by atoms with Gasteiger partial charge in [-0.2, -0.15) is 9.97 Å². The van der Waals surface area contributed by atoms with Crippen LogP contribution in [0.1, 0.15) is 27.7 Å². The van der Waals surface area contributed by atoms with Crippen molar-refractivity contribution in [3.63, 3.8) is 0 Å². The normalized spacial score (nSPS) is 39.6. The van der Waals surface area contributed by atoms with E-state index in [1.807, 2.05) is 0 Å². The molecular formula is C14H22N6O4. The Labute approximate surface area is 138 Å². The molecule has 4 atom stereocenters. The van der Waals surface area contributed by atoms with Gasteiger partial charge in [-0.05, 0) is 27.7 Å². The fraction of sp³-hybridized carbons (Fsp3) is 0.643. The van der Waals surface area contributed by atoms with Crippen LogP contribution in [0.4, 0.5) is 11.8 Å². The predicted octanol–water partition coefficient (Wildman–Crippen LogP) is -1.05. The van der Waals surface area contributed by atoms with Gasteiger partial charge in [-0.3, -0.25) is 4.57 Å². The van der Waals surface area contributed by atoms with Crippen LogP contribution in [-0.2, 0) is 10.5 Å². The van der Waals surface area contributed by atoms with Crippen molar-refractivity contribution in [3.05, 3.63) is 6.33 Å². The highest BCUT2D eigenvalue weighted by Crippen LogP contribution is 2.54. The van der Waals surface area contributed by atoms with Crippen LogP contribution in [0.2, 0.25) is 0 Å². The molecule has 10 nitrogen and oxygen atoms in total. The molecule has 1 fully saturated rings. The first kappa shape index (κ1) is 16.8. The number of fused-ring (bicyclic) bond motifs is 1. The van der Waals surface area contributed by atoms with Crippen LogP contribution in [0.15, 0.2) is 6.33 Å². The molecule has 0 spiro atoms. The van der Waals surface area contributed by atoms with Gasteiger partial charge in [0, 0.05) is 0 Å². The topological polar surface area (TPSA) is 166 Å². The number of nitrogens with two attached hydrogens (primary N) is 2. The zero-order chi connectivity index (χ0) is 18.1. The Kier molecular flexibility index (Phi) is 3.18. The number of nitrogens with zero attached hydrogens (tertiary/aromatic N) is 4. The van der Waals surface area contributed by atoms with Gasteiger partial charge >= 0.3 is 0 Å². The zero-order valence-corrected chi connectivity index (χ0v) is 14.0. The molecule has 1 aliphatic heterocycles. The summed E-state index contributed by atoms with van der Waals surface area (Å²) >= 11 is 0. The molecule has 24 heavy (non-hydrogen) atoms. The van der Waals surface area contributed by atoms with E-state index in [0.717, 1.165) is 0 Å². The fourth-order valence-electron chi connectivity index (χ4n) is 3.33. The Balaban J connectivity index is 2.30. The fourth-order valence-corrected chi connectivity index (χ4v) is 3.33. The average Bonchev–Trinajstić information content (AvgIpc) is 2.94. The van der Waals surface area contributed by atoms with E-state index in [2.05, 4.69) is 15.0 Å². The van der Waals surface area contributed by atoms with Crippen molar-refractivity contribution in [3.8, 4) is 0 Å². The van der Waals surface area contributed by atoms with Crippen LogP contribution >= 0.6 is 0 Å². The van der Waals surface area contributed by atoms with E-state index < -0.39 is 29.1 Å². The van der Waals surface area contributed by atoms with Crippen LogP contribution in [-0.4, -0.2) is 58.2 Å². The van der Waals surface area contributed by atoms with Crippen molar-refractivity contribution in [2.45, 2.75) is 50.2 Å². The van der Waals surface area contributed by atoms with Crippen molar-refractivity contribution < 1.29 is 20.1 Å². The van der Waals surface area contributed by atoms with Gasteiger partial charge in [-0.15, -0.1) is 0 Å². The van der Waals surface area contributed by atoms with Crippen molar-refractivity contribution >= 4 is 22.9 Å². The molecule has 3 heterocycles. The van der Waals surface area contributed by atoms with E-state index in [-0.39, 0.29) is 17.4 Å². The lowest BCUT2D eigenvalue weighted by atomic mass is 9.73. The molecule has 0 aliphatic carbocycles. The minimum absolute atomic E-state index is 0.0559. The summed E-state index contributed by atoms with van der Waals surface area (Å²) in [6.45, 7) is 5.41. The highest BCUT2D eigenvalue weighted by molar-refractivity contribution is 5.82. The second-order valence-corrected chi connectivity index (χ2v) is 6.87. The Hall–Kier alpha value is -2.01. The summed E-state index contributed by atoms with van der Waals surface area (Å²) in [4.78, 5) is 12.1. The quantitative estimate of drug-likeness (QED) is 0.459. The number of ether oxygens (including phenoxy) is 1. The number of hydrogen-bond donors (Lipinski definition) is 5. The molecule has 1 aliphatic rings. The summed E-state index contributed by atoms with van der Waals surface area (Å²) in [5, 5.41) is 31.8. The summed E-state index contributed by atoms with van der Waals surface area (Å²) in [7, 11) is 0. The summed E-state index contributed by atoms with van der Waals surface area (Å²) < 4.78 is 7.42. The molecule has 3 rings (SSSR count). The number of rotatable bonds is 2. The summed E-state index contributed by atoms with van der Waals surface area (Å²) in [6.07, 6.45) is 1.38. The Morgan fingerprint density at radius 1 is 1.12 bits per heavy atom. The van der Waals surface area contributed by atoms with E-state index in [9.17, 15) is 15.3 Å². The van der Waals surface area contributed by atoms with Crippen LogP contribution in [0, 0.1) is 0 Å². The Morgan fingerprint density at radius 3 is 2.29 bits per heavy atom. The minimum atomic E-state index is -1.81. The van der Waals surface area contributed by atoms with Crippen molar-refractivity contribution in [1.29, 1.82) is 0 Å². The van der Waals surface area contributed by atoms with E-state index in [0.29, 0.717) is 5.52 Å². The molecule has 10 heteroatoms. The molecule has 0 amide bonds. The van der Waals surface area contributed by atoms with Gasteiger partial charge in [0.05, 0.1) is 12.9 Å². The molecule has 132 valence electrons. The standard InChI is InChI=1S/C14H22N6O4/c1-11(5-21)12(2,22)13(3,23)14(4,24-11)20-6-17-7-8(15)18-10(16)19-9(7)20/h6,21-23H,5H2,1-4H3,(H4,15,16,18,19)/t11-,12?,13?,14-/m1/s1. The van der Waals surface area contributed by atoms with Gasteiger partial charge < -0.3 is 31.5 Å².